The van der Waals surface area contributed by atoms with Gasteiger partial charge in [0.25, 0.3) is 5.91 Å². The molecule has 1 heterocycles. The Hall–Kier alpha value is -2.08. The zero-order valence-corrected chi connectivity index (χ0v) is 14.3. The van der Waals surface area contributed by atoms with E-state index in [1.165, 1.54) is 0 Å². The highest BCUT2D eigenvalue weighted by atomic mass is 35.5. The van der Waals surface area contributed by atoms with Crippen molar-refractivity contribution in [1.29, 1.82) is 0 Å². The van der Waals surface area contributed by atoms with E-state index in [-0.39, 0.29) is 5.91 Å². The summed E-state index contributed by atoms with van der Waals surface area (Å²) in [5.74, 6) is 1.47. The van der Waals surface area contributed by atoms with Crippen LogP contribution in [0.2, 0.25) is 5.02 Å². The minimum absolute atomic E-state index is 0.155. The summed E-state index contributed by atoms with van der Waals surface area (Å²) in [6, 6.07) is 5.08. The monoisotopic (exact) mass is 336 g/mol. The molecule has 0 saturated carbocycles. The summed E-state index contributed by atoms with van der Waals surface area (Å²) in [6.45, 7) is 6.95. The first-order chi connectivity index (χ1) is 11.0. The Morgan fingerprint density at radius 3 is 2.87 bits per heavy atom. The fourth-order valence-electron chi connectivity index (χ4n) is 2.10. The van der Waals surface area contributed by atoms with Crippen molar-refractivity contribution >= 4 is 23.2 Å². The van der Waals surface area contributed by atoms with Gasteiger partial charge < -0.3 is 15.2 Å². The van der Waals surface area contributed by atoms with Gasteiger partial charge in [-0.2, -0.15) is 4.98 Å². The average molecular weight is 337 g/mol. The molecule has 124 valence electrons. The van der Waals surface area contributed by atoms with Gasteiger partial charge in [-0.25, -0.2) is 0 Å². The number of carbonyl (C=O) groups is 1. The van der Waals surface area contributed by atoms with Crippen molar-refractivity contribution in [1.82, 2.24) is 15.5 Å². The number of aromatic nitrogens is 2. The number of nitrogens with one attached hydrogen (secondary N) is 2. The molecule has 1 amide bonds. The largest absolute Gasteiger partial charge is 0.375 e. The second kappa shape index (κ2) is 7.97. The van der Waals surface area contributed by atoms with Gasteiger partial charge in [0, 0.05) is 23.7 Å². The van der Waals surface area contributed by atoms with Crippen molar-refractivity contribution in [2.45, 2.75) is 33.7 Å². The van der Waals surface area contributed by atoms with E-state index in [1.807, 2.05) is 6.92 Å². The maximum atomic E-state index is 12.1. The maximum Gasteiger partial charge on any atom is 0.253 e. The Bertz CT molecular complexity index is 670. The van der Waals surface area contributed by atoms with Gasteiger partial charge in [0.05, 0.1) is 12.1 Å². The van der Waals surface area contributed by atoms with E-state index in [2.05, 4.69) is 34.6 Å². The number of anilines is 1. The fourth-order valence-corrected chi connectivity index (χ4v) is 2.27. The molecule has 0 aliphatic rings. The zero-order chi connectivity index (χ0) is 16.8. The van der Waals surface area contributed by atoms with Crippen LogP contribution in [0.3, 0.4) is 0 Å². The number of halogens is 1. The van der Waals surface area contributed by atoms with Crippen molar-refractivity contribution in [2.24, 2.45) is 5.92 Å². The van der Waals surface area contributed by atoms with E-state index >= 15 is 0 Å². The van der Waals surface area contributed by atoms with Crippen LogP contribution in [0.25, 0.3) is 0 Å². The van der Waals surface area contributed by atoms with E-state index in [0.717, 1.165) is 6.42 Å². The molecule has 0 saturated heterocycles. The first kappa shape index (κ1) is 17.3. The molecule has 0 unspecified atom stereocenters. The number of amides is 1. The molecule has 2 aromatic rings. The van der Waals surface area contributed by atoms with E-state index < -0.39 is 0 Å². The van der Waals surface area contributed by atoms with Gasteiger partial charge in [0.2, 0.25) is 5.89 Å². The number of carbonyl (C=O) groups excluding carboxylic acids is 1. The number of nitrogens with zero attached hydrogens (tertiary/aromatic N) is 2. The van der Waals surface area contributed by atoms with Crippen LogP contribution < -0.4 is 10.6 Å². The van der Waals surface area contributed by atoms with Crippen LogP contribution in [-0.4, -0.2) is 22.6 Å². The lowest BCUT2D eigenvalue weighted by Crippen LogP contribution is -2.23. The first-order valence-corrected chi connectivity index (χ1v) is 8.00. The summed E-state index contributed by atoms with van der Waals surface area (Å²) in [6.07, 6.45) is 0.769. The summed E-state index contributed by atoms with van der Waals surface area (Å²) in [4.78, 5) is 16.4. The Kier molecular flexibility index (Phi) is 5.98. The minimum atomic E-state index is -0.155. The van der Waals surface area contributed by atoms with Gasteiger partial charge in [-0.05, 0) is 31.0 Å². The molecule has 0 atom stereocenters. The SMILES string of the molecule is CCNC(=O)c1ccc(Cl)cc1NCc1nc(CC(C)C)no1. The van der Waals surface area contributed by atoms with E-state index in [0.29, 0.717) is 47.0 Å². The van der Waals surface area contributed by atoms with Crippen LogP contribution in [0.1, 0.15) is 42.8 Å². The molecule has 0 aliphatic carbocycles. The average Bonchev–Trinajstić information content (AvgIpc) is 2.92. The molecule has 0 bridgehead atoms. The number of hydrogen-bond acceptors (Lipinski definition) is 5. The van der Waals surface area contributed by atoms with Crippen molar-refractivity contribution < 1.29 is 9.32 Å². The van der Waals surface area contributed by atoms with Gasteiger partial charge in [0.15, 0.2) is 5.82 Å². The lowest BCUT2D eigenvalue weighted by molar-refractivity contribution is 0.0956. The molecule has 7 heteroatoms. The molecule has 0 aliphatic heterocycles. The summed E-state index contributed by atoms with van der Waals surface area (Å²) < 4.78 is 5.21. The predicted molar refractivity (Wildman–Crippen MR) is 89.6 cm³/mol. The molecule has 0 radical (unpaired) electrons. The van der Waals surface area contributed by atoms with Crippen LogP contribution in [0.5, 0.6) is 0 Å². The highest BCUT2D eigenvalue weighted by molar-refractivity contribution is 6.31. The standard InChI is InChI=1S/C16H21ClN4O2/c1-4-18-16(22)12-6-5-11(17)8-13(12)19-9-15-20-14(21-23-15)7-10(2)3/h5-6,8,10,19H,4,7,9H2,1-3H3,(H,18,22). The van der Waals surface area contributed by atoms with Gasteiger partial charge in [-0.15, -0.1) is 0 Å². The lowest BCUT2D eigenvalue weighted by atomic mass is 10.1. The quantitative estimate of drug-likeness (QED) is 0.811. The third-order valence-corrected chi connectivity index (χ3v) is 3.33. The van der Waals surface area contributed by atoms with Crippen LogP contribution in [0.15, 0.2) is 22.7 Å². The Morgan fingerprint density at radius 1 is 1.39 bits per heavy atom. The van der Waals surface area contributed by atoms with Crippen LogP contribution in [0.4, 0.5) is 5.69 Å². The molecule has 2 N–H and O–H groups in total. The second-order valence-electron chi connectivity index (χ2n) is 5.61. The molecule has 0 spiro atoms. The number of rotatable bonds is 7. The van der Waals surface area contributed by atoms with Gasteiger partial charge in [0.1, 0.15) is 0 Å². The third-order valence-electron chi connectivity index (χ3n) is 3.09. The summed E-state index contributed by atoms with van der Waals surface area (Å²) in [5, 5.41) is 10.4. The van der Waals surface area contributed by atoms with Crippen molar-refractivity contribution in [2.75, 3.05) is 11.9 Å². The van der Waals surface area contributed by atoms with E-state index in [9.17, 15) is 4.79 Å². The Balaban J connectivity index is 2.08. The molecular weight excluding hydrogens is 316 g/mol. The first-order valence-electron chi connectivity index (χ1n) is 7.62. The molecule has 0 fully saturated rings. The fraction of sp³-hybridized carbons (Fsp3) is 0.438. The number of hydrogen-bond donors (Lipinski definition) is 2. The number of benzene rings is 1. The normalized spacial score (nSPS) is 10.8. The van der Waals surface area contributed by atoms with Gasteiger partial charge in [-0.1, -0.05) is 30.6 Å². The topological polar surface area (TPSA) is 80.0 Å². The molecular formula is C16H21ClN4O2. The van der Waals surface area contributed by atoms with Gasteiger partial charge in [-0.3, -0.25) is 4.79 Å². The summed E-state index contributed by atoms with van der Waals surface area (Å²) in [7, 11) is 0. The summed E-state index contributed by atoms with van der Waals surface area (Å²) >= 11 is 6.02. The highest BCUT2D eigenvalue weighted by Gasteiger charge is 2.13. The molecule has 1 aromatic heterocycles. The van der Waals surface area contributed by atoms with Crippen LogP contribution in [-0.2, 0) is 13.0 Å². The van der Waals surface area contributed by atoms with Crippen molar-refractivity contribution in [3.05, 3.63) is 40.5 Å². The zero-order valence-electron chi connectivity index (χ0n) is 13.5. The van der Waals surface area contributed by atoms with E-state index in [1.54, 1.807) is 18.2 Å². The lowest BCUT2D eigenvalue weighted by Gasteiger charge is -2.11. The molecule has 1 aromatic carbocycles. The second-order valence-corrected chi connectivity index (χ2v) is 6.04. The van der Waals surface area contributed by atoms with Crippen LogP contribution in [0, 0.1) is 5.92 Å². The van der Waals surface area contributed by atoms with Crippen molar-refractivity contribution in [3.63, 3.8) is 0 Å². The smallest absolute Gasteiger partial charge is 0.253 e. The van der Waals surface area contributed by atoms with Crippen molar-refractivity contribution in [3.8, 4) is 0 Å². The highest BCUT2D eigenvalue weighted by Crippen LogP contribution is 2.22. The minimum Gasteiger partial charge on any atom is -0.375 e. The Morgan fingerprint density at radius 2 is 2.17 bits per heavy atom. The Labute approximate surface area is 140 Å². The van der Waals surface area contributed by atoms with Gasteiger partial charge >= 0.3 is 0 Å². The summed E-state index contributed by atoms with van der Waals surface area (Å²) in [5.41, 5.74) is 1.16. The maximum absolute atomic E-state index is 12.1. The van der Waals surface area contributed by atoms with E-state index in [4.69, 9.17) is 16.1 Å². The molecule has 6 nitrogen and oxygen atoms in total. The molecule has 23 heavy (non-hydrogen) atoms. The third kappa shape index (κ3) is 4.96. The predicted octanol–water partition coefficient (Wildman–Crippen LogP) is 3.28. The van der Waals surface area contributed by atoms with Crippen LogP contribution >= 0.6 is 11.6 Å². The molecule has 2 rings (SSSR count).